The van der Waals surface area contributed by atoms with Crippen molar-refractivity contribution in [3.05, 3.63) is 39.4 Å². The van der Waals surface area contributed by atoms with Gasteiger partial charge in [-0.05, 0) is 44.6 Å². The van der Waals surface area contributed by atoms with E-state index < -0.39 is 10.9 Å². The summed E-state index contributed by atoms with van der Waals surface area (Å²) in [6.45, 7) is 2.41. The van der Waals surface area contributed by atoms with Gasteiger partial charge in [-0.25, -0.2) is 0 Å². The highest BCUT2D eigenvalue weighted by molar-refractivity contribution is 5.96. The minimum atomic E-state index is -0.828. The Morgan fingerprint density at radius 2 is 2.04 bits per heavy atom. The topological polar surface area (TPSA) is 113 Å². The number of nitro groups is 1. The summed E-state index contributed by atoms with van der Waals surface area (Å²) < 4.78 is 0. The maximum Gasteiger partial charge on any atom is 0.317 e. The van der Waals surface area contributed by atoms with E-state index in [1.807, 2.05) is 4.90 Å². The van der Waals surface area contributed by atoms with Crippen LogP contribution in [0.15, 0.2) is 18.2 Å². The Bertz CT molecular complexity index is 726. The normalized spacial score (nSPS) is 21.9. The number of hydrogen-bond acceptors (Lipinski definition) is 5. The molecule has 2 aliphatic carbocycles. The Morgan fingerprint density at radius 3 is 2.62 bits per heavy atom. The van der Waals surface area contributed by atoms with Crippen molar-refractivity contribution in [1.82, 2.24) is 10.2 Å². The number of amides is 1. The van der Waals surface area contributed by atoms with Crippen molar-refractivity contribution in [3.8, 4) is 0 Å². The molecule has 0 aromatic heterocycles. The third-order valence-electron chi connectivity index (χ3n) is 5.24. The maximum atomic E-state index is 12.4. The summed E-state index contributed by atoms with van der Waals surface area (Å²) in [6, 6.07) is 4.61. The number of nitrogens with one attached hydrogen (secondary N) is 1. The van der Waals surface area contributed by atoms with Crippen LogP contribution in [0.1, 0.15) is 41.6 Å². The molecular weight excluding hydrogens is 338 g/mol. The van der Waals surface area contributed by atoms with Crippen LogP contribution in [0.25, 0.3) is 0 Å². The van der Waals surface area contributed by atoms with Crippen molar-refractivity contribution in [2.45, 2.75) is 44.7 Å². The van der Waals surface area contributed by atoms with E-state index in [4.69, 9.17) is 5.11 Å². The Hall–Kier alpha value is -2.48. The molecule has 1 amide bonds. The van der Waals surface area contributed by atoms with Crippen molar-refractivity contribution >= 4 is 17.6 Å². The van der Waals surface area contributed by atoms with Crippen molar-refractivity contribution in [3.63, 3.8) is 0 Å². The number of carboxylic acid groups (broad SMARTS) is 1. The van der Waals surface area contributed by atoms with Gasteiger partial charge in [0.15, 0.2) is 0 Å². The van der Waals surface area contributed by atoms with Gasteiger partial charge in [-0.1, -0.05) is 6.07 Å². The van der Waals surface area contributed by atoms with Crippen molar-refractivity contribution in [1.29, 1.82) is 0 Å². The van der Waals surface area contributed by atoms with Gasteiger partial charge in [0.25, 0.3) is 11.6 Å². The van der Waals surface area contributed by atoms with Crippen LogP contribution in [0.4, 0.5) is 5.69 Å². The molecule has 0 spiro atoms. The highest BCUT2D eigenvalue weighted by Gasteiger charge is 2.38. The Balaban J connectivity index is 1.56. The van der Waals surface area contributed by atoms with Crippen LogP contribution in [-0.4, -0.2) is 52.0 Å². The van der Waals surface area contributed by atoms with E-state index in [0.717, 1.165) is 19.4 Å². The molecule has 0 bridgehead atoms. The second-order valence-electron chi connectivity index (χ2n) is 7.27. The summed E-state index contributed by atoms with van der Waals surface area (Å²) in [4.78, 5) is 36.0. The first-order valence-corrected chi connectivity index (χ1v) is 8.86. The number of hydrogen-bond donors (Lipinski definition) is 2. The smallest absolute Gasteiger partial charge is 0.317 e. The maximum absolute atomic E-state index is 12.4. The lowest BCUT2D eigenvalue weighted by Crippen LogP contribution is -2.55. The van der Waals surface area contributed by atoms with Gasteiger partial charge in [0.1, 0.15) is 0 Å². The number of carbonyl (C=O) groups excluding carboxylic acids is 1. The lowest BCUT2D eigenvalue weighted by Gasteiger charge is -2.42. The van der Waals surface area contributed by atoms with Crippen LogP contribution in [-0.2, 0) is 4.79 Å². The zero-order valence-electron chi connectivity index (χ0n) is 14.7. The third-order valence-corrected chi connectivity index (χ3v) is 5.24. The van der Waals surface area contributed by atoms with E-state index in [1.165, 1.54) is 12.1 Å². The largest absolute Gasteiger partial charge is 0.480 e. The molecule has 2 aliphatic rings. The molecule has 8 nitrogen and oxygen atoms in total. The Kier molecular flexibility index (Phi) is 5.22. The van der Waals surface area contributed by atoms with Crippen LogP contribution in [0.2, 0.25) is 0 Å². The zero-order valence-corrected chi connectivity index (χ0v) is 14.7. The fraction of sp³-hybridized carbons (Fsp3) is 0.556. The second kappa shape index (κ2) is 7.41. The van der Waals surface area contributed by atoms with Gasteiger partial charge < -0.3 is 10.4 Å². The van der Waals surface area contributed by atoms with Crippen LogP contribution < -0.4 is 5.32 Å². The van der Waals surface area contributed by atoms with E-state index in [2.05, 4.69) is 5.32 Å². The van der Waals surface area contributed by atoms with Crippen LogP contribution in [0, 0.1) is 23.0 Å². The predicted octanol–water partition coefficient (Wildman–Crippen LogP) is 1.96. The van der Waals surface area contributed by atoms with E-state index in [-0.39, 0.29) is 30.2 Å². The minimum Gasteiger partial charge on any atom is -0.480 e. The molecule has 0 saturated heterocycles. The number of carbonyl (C=O) groups is 2. The molecule has 2 N–H and O–H groups in total. The molecule has 1 aromatic carbocycles. The van der Waals surface area contributed by atoms with Gasteiger partial charge in [0.05, 0.1) is 11.5 Å². The monoisotopic (exact) mass is 361 g/mol. The van der Waals surface area contributed by atoms with Gasteiger partial charge in [-0.2, -0.15) is 0 Å². The number of carboxylic acids is 1. The quantitative estimate of drug-likeness (QED) is 0.541. The molecule has 8 heteroatoms. The van der Waals surface area contributed by atoms with E-state index in [0.29, 0.717) is 29.9 Å². The summed E-state index contributed by atoms with van der Waals surface area (Å²) in [5.41, 5.74) is 0.594. The third kappa shape index (κ3) is 4.19. The summed E-state index contributed by atoms with van der Waals surface area (Å²) in [7, 11) is 0. The number of nitro benzene ring substituents is 1. The summed E-state index contributed by atoms with van der Waals surface area (Å²) >= 11 is 0. The van der Waals surface area contributed by atoms with E-state index >= 15 is 0 Å². The predicted molar refractivity (Wildman–Crippen MR) is 94.0 cm³/mol. The average molecular weight is 361 g/mol. The number of nitrogens with zero attached hydrogens (tertiary/aromatic N) is 2. The van der Waals surface area contributed by atoms with Gasteiger partial charge in [-0.3, -0.25) is 24.6 Å². The summed E-state index contributed by atoms with van der Waals surface area (Å²) in [5, 5.41) is 23.0. The van der Waals surface area contributed by atoms with E-state index in [9.17, 15) is 19.7 Å². The highest BCUT2D eigenvalue weighted by Crippen LogP contribution is 2.34. The van der Waals surface area contributed by atoms with Gasteiger partial charge in [0.2, 0.25) is 0 Å². The fourth-order valence-corrected chi connectivity index (χ4v) is 3.48. The van der Waals surface area contributed by atoms with Crippen LogP contribution >= 0.6 is 0 Å². The molecule has 0 heterocycles. The molecule has 3 rings (SSSR count). The molecule has 140 valence electrons. The molecule has 26 heavy (non-hydrogen) atoms. The first-order chi connectivity index (χ1) is 12.3. The van der Waals surface area contributed by atoms with Gasteiger partial charge in [0, 0.05) is 35.8 Å². The first-order valence-electron chi connectivity index (χ1n) is 8.86. The minimum absolute atomic E-state index is 0.0262. The molecule has 2 saturated carbocycles. The summed E-state index contributed by atoms with van der Waals surface area (Å²) in [5.74, 6) is -0.539. The molecule has 0 atom stereocenters. The molecule has 0 unspecified atom stereocenters. The Morgan fingerprint density at radius 1 is 1.35 bits per heavy atom. The van der Waals surface area contributed by atoms with Crippen LogP contribution in [0.3, 0.4) is 0 Å². The van der Waals surface area contributed by atoms with Crippen molar-refractivity contribution in [2.24, 2.45) is 5.92 Å². The van der Waals surface area contributed by atoms with Gasteiger partial charge >= 0.3 is 5.97 Å². The van der Waals surface area contributed by atoms with Crippen LogP contribution in [0.5, 0.6) is 0 Å². The highest BCUT2D eigenvalue weighted by atomic mass is 16.6. The average Bonchev–Trinajstić information content (AvgIpc) is 3.33. The molecule has 0 radical (unpaired) electrons. The van der Waals surface area contributed by atoms with Gasteiger partial charge in [-0.15, -0.1) is 0 Å². The number of aliphatic carboxylic acids is 1. The SMILES string of the molecule is Cc1c(C(=O)NC2CC(N(CC(=O)O)CC3CC3)C2)cccc1[N+](=O)[O-]. The standard InChI is InChI=1S/C18H23N3O5/c1-11-15(3-2-4-16(11)21(25)26)18(24)19-13-7-14(8-13)20(10-17(22)23)9-12-5-6-12/h2-4,12-14H,5-10H2,1H3,(H,19,24)(H,22,23). The molecule has 1 aromatic rings. The number of benzene rings is 1. The first kappa shape index (κ1) is 18.3. The van der Waals surface area contributed by atoms with E-state index in [1.54, 1.807) is 13.0 Å². The molecule has 0 aliphatic heterocycles. The van der Waals surface area contributed by atoms with Crippen molar-refractivity contribution < 1.29 is 19.6 Å². The van der Waals surface area contributed by atoms with Crippen molar-refractivity contribution in [2.75, 3.05) is 13.1 Å². The Labute approximate surface area is 151 Å². The fourth-order valence-electron chi connectivity index (χ4n) is 3.48. The lowest BCUT2D eigenvalue weighted by atomic mass is 9.85. The second-order valence-corrected chi connectivity index (χ2v) is 7.27. The molecular formula is C18H23N3O5. The zero-order chi connectivity index (χ0) is 18.8. The summed E-state index contributed by atoms with van der Waals surface area (Å²) in [6.07, 6.45) is 3.74. The molecule has 2 fully saturated rings. The lowest BCUT2D eigenvalue weighted by molar-refractivity contribution is -0.385. The number of rotatable bonds is 8.